The highest BCUT2D eigenvalue weighted by Crippen LogP contribution is 2.24. The van der Waals surface area contributed by atoms with Crippen LogP contribution in [0.2, 0.25) is 0 Å². The number of ether oxygens (including phenoxy) is 1. The van der Waals surface area contributed by atoms with Gasteiger partial charge < -0.3 is 20.1 Å². The van der Waals surface area contributed by atoms with E-state index in [-0.39, 0.29) is 41.6 Å². The summed E-state index contributed by atoms with van der Waals surface area (Å²) >= 11 is 1.28. The van der Waals surface area contributed by atoms with Crippen molar-refractivity contribution in [1.82, 2.24) is 19.9 Å². The number of halogens is 1. The van der Waals surface area contributed by atoms with Crippen molar-refractivity contribution < 1.29 is 18.8 Å². The first-order valence-electron chi connectivity index (χ1n) is 9.97. The Morgan fingerprint density at radius 1 is 1.45 bits per heavy atom. The van der Waals surface area contributed by atoms with Gasteiger partial charge in [0.25, 0.3) is 0 Å². The molecule has 1 aliphatic rings. The van der Waals surface area contributed by atoms with Crippen LogP contribution in [0.4, 0.5) is 5.82 Å². The number of rotatable bonds is 5. The largest absolute Gasteiger partial charge is 0.477 e. The van der Waals surface area contributed by atoms with Gasteiger partial charge >= 0.3 is 5.97 Å². The Labute approximate surface area is 180 Å². The van der Waals surface area contributed by atoms with Crippen LogP contribution in [-0.4, -0.2) is 64.9 Å². The number of methoxy groups -OCH3 is 1. The molecule has 0 saturated carbocycles. The summed E-state index contributed by atoms with van der Waals surface area (Å²) in [6, 6.07) is 2.92. The minimum atomic E-state index is -2.52. The highest BCUT2D eigenvalue weighted by atomic mass is 35.5. The highest BCUT2D eigenvalue weighted by Gasteiger charge is 2.32. The Bertz CT molecular complexity index is 1190. The zero-order chi connectivity index (χ0) is 22.3. The number of carbonyl (C=O) groups is 1. The van der Waals surface area contributed by atoms with Gasteiger partial charge in [0.1, 0.15) is 11.4 Å². The van der Waals surface area contributed by atoms with Gasteiger partial charge in [0.15, 0.2) is 10.8 Å². The molecule has 3 aromatic heterocycles. The van der Waals surface area contributed by atoms with E-state index in [1.807, 2.05) is 4.90 Å². The molecule has 0 aromatic carbocycles. The van der Waals surface area contributed by atoms with Crippen molar-refractivity contribution in [1.29, 1.82) is 0 Å². The summed E-state index contributed by atoms with van der Waals surface area (Å²) in [5.41, 5.74) is -0.740. The van der Waals surface area contributed by atoms with Crippen molar-refractivity contribution >= 4 is 46.6 Å². The van der Waals surface area contributed by atoms with Crippen LogP contribution < -0.4 is 15.6 Å². The molecule has 1 aliphatic heterocycles. The molecule has 0 aliphatic carbocycles. The predicted octanol–water partition coefficient (Wildman–Crippen LogP) is 1.39. The SMILES string of the molecule is Cl.[2H][13C]([2H])([2H])O[C@H]1CN(c2ccc3c(=O)c(C(=O)O)cn(-c4nccs4)c3n2)C[C@@H]1NC. The lowest BCUT2D eigenvalue weighted by molar-refractivity contribution is 0.0695. The van der Waals surface area contributed by atoms with Crippen molar-refractivity contribution in [3.8, 4) is 5.13 Å². The normalized spacial score (nSPS) is 20.7. The van der Waals surface area contributed by atoms with Crippen molar-refractivity contribution in [2.45, 2.75) is 12.1 Å². The van der Waals surface area contributed by atoms with E-state index < -0.39 is 24.5 Å². The molecule has 4 heterocycles. The van der Waals surface area contributed by atoms with E-state index in [1.165, 1.54) is 28.2 Å². The summed E-state index contributed by atoms with van der Waals surface area (Å²) in [5, 5.41) is 14.8. The molecule has 9 nitrogen and oxygen atoms in total. The Morgan fingerprint density at radius 3 is 2.93 bits per heavy atom. The van der Waals surface area contributed by atoms with Crippen LogP contribution in [-0.2, 0) is 4.74 Å². The molecule has 1 fully saturated rings. The molecule has 1 saturated heterocycles. The number of nitrogens with zero attached hydrogens (tertiary/aromatic N) is 4. The van der Waals surface area contributed by atoms with Gasteiger partial charge in [-0.3, -0.25) is 9.36 Å². The maximum absolute atomic E-state index is 12.7. The van der Waals surface area contributed by atoms with Crippen LogP contribution in [0.1, 0.15) is 14.5 Å². The maximum atomic E-state index is 12.7. The minimum absolute atomic E-state index is 0. The molecule has 29 heavy (non-hydrogen) atoms. The topological polar surface area (TPSA) is 110 Å². The van der Waals surface area contributed by atoms with Crippen molar-refractivity contribution in [3.05, 3.63) is 45.7 Å². The molecule has 2 atom stereocenters. The lowest BCUT2D eigenvalue weighted by Crippen LogP contribution is -2.37. The van der Waals surface area contributed by atoms with E-state index in [0.29, 0.717) is 17.5 Å². The predicted molar refractivity (Wildman–Crippen MR) is 113 cm³/mol. The van der Waals surface area contributed by atoms with Crippen LogP contribution in [0.25, 0.3) is 16.2 Å². The Morgan fingerprint density at radius 2 is 2.28 bits per heavy atom. The first kappa shape index (κ1) is 17.3. The number of carboxylic acid groups (broad SMARTS) is 1. The van der Waals surface area contributed by atoms with Gasteiger partial charge in [-0.05, 0) is 19.2 Å². The molecular formula is C18H20ClN5O4S. The summed E-state index contributed by atoms with van der Waals surface area (Å²) in [5.74, 6) is -0.820. The number of nitrogens with one attached hydrogen (secondary N) is 1. The molecule has 3 aromatic rings. The third-order valence-corrected chi connectivity index (χ3v) is 5.57. The first-order valence-corrected chi connectivity index (χ1v) is 9.35. The fourth-order valence-electron chi connectivity index (χ4n) is 3.36. The Kier molecular flexibility index (Phi) is 5.06. The molecule has 0 bridgehead atoms. The number of fused-ring (bicyclic) bond motifs is 1. The van der Waals surface area contributed by atoms with E-state index in [9.17, 15) is 14.7 Å². The minimum Gasteiger partial charge on any atom is -0.477 e. The maximum Gasteiger partial charge on any atom is 0.341 e. The summed E-state index contributed by atoms with van der Waals surface area (Å²) in [6.45, 7) is 0.738. The van der Waals surface area contributed by atoms with Gasteiger partial charge in [-0.1, -0.05) is 0 Å². The van der Waals surface area contributed by atoms with Gasteiger partial charge in [0.05, 0.1) is 21.6 Å². The number of likely N-dealkylation sites (N-methyl/N-ethyl adjacent to an activating group) is 1. The number of hydrogen-bond donors (Lipinski definition) is 2. The van der Waals surface area contributed by atoms with Gasteiger partial charge in [-0.15, -0.1) is 23.7 Å². The van der Waals surface area contributed by atoms with E-state index in [2.05, 4.69) is 15.3 Å². The van der Waals surface area contributed by atoms with Gasteiger partial charge in [0.2, 0.25) is 5.43 Å². The lowest BCUT2D eigenvalue weighted by atomic mass is 10.2. The zero-order valence-electron chi connectivity index (χ0n) is 18.2. The van der Waals surface area contributed by atoms with Crippen molar-refractivity contribution in [2.24, 2.45) is 0 Å². The van der Waals surface area contributed by atoms with Crippen molar-refractivity contribution in [2.75, 3.05) is 32.1 Å². The molecule has 0 amide bonds. The van der Waals surface area contributed by atoms with Gasteiger partial charge in [0, 0.05) is 37.9 Å². The second kappa shape index (κ2) is 8.46. The summed E-state index contributed by atoms with van der Waals surface area (Å²) in [7, 11) is -0.795. The zero-order valence-corrected chi connectivity index (χ0v) is 16.9. The summed E-state index contributed by atoms with van der Waals surface area (Å²) < 4.78 is 28.9. The highest BCUT2D eigenvalue weighted by molar-refractivity contribution is 7.12. The summed E-state index contributed by atoms with van der Waals surface area (Å²) in [6.07, 6.45) is 2.22. The number of anilines is 1. The standard InChI is InChI=1S/C18H19N5O4S.ClH/c1-19-12-8-22(9-13(12)27-2)14-4-3-10-15(24)11(17(25)26)7-23(16(10)21-14)18-20-5-6-28-18;/h3-7,12-13,19H,8-9H2,1-2H3,(H,25,26);1H/t12-,13-;/m0./s1/i2+1D3;. The smallest absolute Gasteiger partial charge is 0.341 e. The molecule has 4 rings (SSSR count). The number of carboxylic acids is 1. The monoisotopic (exact) mass is 441 g/mol. The molecule has 0 radical (unpaired) electrons. The Hall–Kier alpha value is -2.53. The fourth-order valence-corrected chi connectivity index (χ4v) is 3.98. The number of aromatic carboxylic acids is 1. The summed E-state index contributed by atoms with van der Waals surface area (Å²) in [4.78, 5) is 34.9. The molecular weight excluding hydrogens is 419 g/mol. The van der Waals surface area contributed by atoms with E-state index in [0.717, 1.165) is 0 Å². The van der Waals surface area contributed by atoms with Gasteiger partial charge in [-0.2, -0.15) is 0 Å². The molecule has 0 spiro atoms. The number of thiazole rings is 1. The molecule has 0 unspecified atom stereocenters. The number of hydrogen-bond acceptors (Lipinski definition) is 8. The van der Waals surface area contributed by atoms with Crippen LogP contribution in [0.5, 0.6) is 0 Å². The van der Waals surface area contributed by atoms with E-state index in [4.69, 9.17) is 8.85 Å². The van der Waals surface area contributed by atoms with Gasteiger partial charge in [-0.25, -0.2) is 14.8 Å². The molecule has 154 valence electrons. The second-order valence-electron chi connectivity index (χ2n) is 6.36. The first-order chi connectivity index (χ1) is 14.7. The van der Waals surface area contributed by atoms with Crippen LogP contribution >= 0.6 is 23.7 Å². The van der Waals surface area contributed by atoms with Crippen LogP contribution in [0, 0.1) is 0 Å². The average Bonchev–Trinajstić information content (AvgIpc) is 3.36. The van der Waals surface area contributed by atoms with Crippen molar-refractivity contribution in [3.63, 3.8) is 0 Å². The van der Waals surface area contributed by atoms with Crippen LogP contribution in [0.3, 0.4) is 0 Å². The quantitative estimate of drug-likeness (QED) is 0.571. The van der Waals surface area contributed by atoms with E-state index >= 15 is 0 Å². The number of aromatic nitrogens is 3. The lowest BCUT2D eigenvalue weighted by Gasteiger charge is -2.18. The average molecular weight is 442 g/mol. The Balaban J connectivity index is 0.00000289. The third kappa shape index (κ3) is 3.71. The molecule has 2 N–H and O–H groups in total. The third-order valence-electron chi connectivity index (χ3n) is 4.80. The second-order valence-corrected chi connectivity index (χ2v) is 7.23. The van der Waals surface area contributed by atoms with Crippen LogP contribution in [0.15, 0.2) is 34.7 Å². The van der Waals surface area contributed by atoms with E-state index in [1.54, 1.807) is 24.7 Å². The molecule has 11 heteroatoms. The fraction of sp³-hybridized carbons (Fsp3) is 0.333. The number of pyridine rings is 2.